The van der Waals surface area contributed by atoms with Gasteiger partial charge < -0.3 is 10.1 Å². The zero-order chi connectivity index (χ0) is 17.3. The van der Waals surface area contributed by atoms with Crippen LogP contribution in [0.3, 0.4) is 0 Å². The minimum absolute atomic E-state index is 0.0386. The molecule has 0 spiro atoms. The lowest BCUT2D eigenvalue weighted by Gasteiger charge is -2.11. The zero-order valence-corrected chi connectivity index (χ0v) is 12.9. The topological polar surface area (TPSA) is 64.9 Å². The highest BCUT2D eigenvalue weighted by Gasteiger charge is 2.38. The van der Waals surface area contributed by atoms with Crippen molar-refractivity contribution in [3.63, 3.8) is 0 Å². The number of fused-ring (bicyclic) bond motifs is 1. The van der Waals surface area contributed by atoms with Gasteiger partial charge in [-0.2, -0.15) is 13.2 Å². The summed E-state index contributed by atoms with van der Waals surface area (Å²) in [5.74, 6) is -0.108. The van der Waals surface area contributed by atoms with Crippen molar-refractivity contribution in [2.45, 2.75) is 13.1 Å². The summed E-state index contributed by atoms with van der Waals surface area (Å²) in [5, 5.41) is 2.94. The van der Waals surface area contributed by atoms with E-state index in [1.54, 1.807) is 6.07 Å². The lowest BCUT2D eigenvalue weighted by molar-refractivity contribution is -0.145. The van der Waals surface area contributed by atoms with Crippen LogP contribution in [0.15, 0.2) is 30.6 Å². The van der Waals surface area contributed by atoms with Crippen LogP contribution < -0.4 is 10.1 Å². The number of hydrogen-bond acceptors (Lipinski definition) is 5. The molecule has 0 unspecified atom stereocenters. The molecule has 24 heavy (non-hydrogen) atoms. The third-order valence-electron chi connectivity index (χ3n) is 3.34. The number of benzene rings is 1. The van der Waals surface area contributed by atoms with Gasteiger partial charge in [-0.15, -0.1) is 0 Å². The molecule has 0 bridgehead atoms. The molecule has 0 fully saturated rings. The average molecular weight is 337 g/mol. The van der Waals surface area contributed by atoms with Gasteiger partial charge in [-0.25, -0.2) is 15.0 Å². The molecule has 0 saturated carbocycles. The summed E-state index contributed by atoms with van der Waals surface area (Å²) in [6.07, 6.45) is -1.97. The van der Waals surface area contributed by atoms with E-state index in [1.807, 2.05) is 6.92 Å². The Bertz CT molecular complexity index is 858. The highest BCUT2D eigenvalue weighted by molar-refractivity contribution is 5.79. The Labute approximate surface area is 135 Å². The quantitative estimate of drug-likeness (QED) is 0.791. The molecular weight excluding hydrogens is 323 g/mol. The minimum Gasteiger partial charge on any atom is -0.497 e. The van der Waals surface area contributed by atoms with E-state index in [2.05, 4.69) is 20.3 Å². The number of imidazole rings is 1. The molecule has 0 aliphatic carbocycles. The SMILES string of the molecule is CCNc1cnc(-n2c(C(F)(F)F)nc3cc(OC)ccc32)cn1. The van der Waals surface area contributed by atoms with Gasteiger partial charge in [-0.3, -0.25) is 4.57 Å². The van der Waals surface area contributed by atoms with E-state index in [9.17, 15) is 13.2 Å². The molecule has 2 aromatic heterocycles. The third-order valence-corrected chi connectivity index (χ3v) is 3.34. The number of nitrogens with zero attached hydrogens (tertiary/aromatic N) is 4. The standard InChI is InChI=1S/C15H14F3N5O/c1-3-19-12-7-21-13(8-20-12)23-11-5-4-9(24-2)6-10(11)22-14(23)15(16,17)18/h4-8H,3H2,1-2H3,(H,19,20). The molecule has 3 aromatic rings. The summed E-state index contributed by atoms with van der Waals surface area (Å²) in [5.41, 5.74) is 0.438. The number of nitrogens with one attached hydrogen (secondary N) is 1. The van der Waals surface area contributed by atoms with Crippen LogP contribution in [-0.4, -0.2) is 33.2 Å². The van der Waals surface area contributed by atoms with Gasteiger partial charge in [0.2, 0.25) is 5.82 Å². The fourth-order valence-electron chi connectivity index (χ4n) is 2.32. The molecule has 9 heteroatoms. The molecule has 0 saturated heterocycles. The summed E-state index contributed by atoms with van der Waals surface area (Å²) in [6, 6.07) is 4.53. The van der Waals surface area contributed by atoms with Crippen molar-refractivity contribution < 1.29 is 17.9 Å². The van der Waals surface area contributed by atoms with E-state index in [4.69, 9.17) is 4.74 Å². The number of rotatable bonds is 4. The molecule has 0 amide bonds. The first-order chi connectivity index (χ1) is 11.4. The summed E-state index contributed by atoms with van der Waals surface area (Å²) in [7, 11) is 1.44. The average Bonchev–Trinajstić information content (AvgIpc) is 2.94. The Morgan fingerprint density at radius 3 is 2.58 bits per heavy atom. The Balaban J connectivity index is 2.20. The van der Waals surface area contributed by atoms with E-state index < -0.39 is 12.0 Å². The summed E-state index contributed by atoms with van der Waals surface area (Å²) >= 11 is 0. The summed E-state index contributed by atoms with van der Waals surface area (Å²) in [6.45, 7) is 2.52. The molecule has 1 N–H and O–H groups in total. The van der Waals surface area contributed by atoms with E-state index in [-0.39, 0.29) is 16.9 Å². The Hall–Kier alpha value is -2.84. The first kappa shape index (κ1) is 16.0. The molecule has 2 heterocycles. The van der Waals surface area contributed by atoms with E-state index in [0.717, 1.165) is 4.57 Å². The molecule has 0 aliphatic heterocycles. The Kier molecular flexibility index (Phi) is 4.00. The first-order valence-electron chi connectivity index (χ1n) is 7.14. The van der Waals surface area contributed by atoms with Crippen molar-refractivity contribution in [2.24, 2.45) is 0 Å². The Morgan fingerprint density at radius 1 is 1.21 bits per heavy atom. The van der Waals surface area contributed by atoms with Crippen LogP contribution in [0.5, 0.6) is 5.75 Å². The van der Waals surface area contributed by atoms with Crippen molar-refractivity contribution in [2.75, 3.05) is 19.0 Å². The second-order valence-electron chi connectivity index (χ2n) is 4.91. The predicted octanol–water partition coefficient (Wildman–Crippen LogP) is 3.27. The van der Waals surface area contributed by atoms with Gasteiger partial charge in [-0.05, 0) is 19.1 Å². The van der Waals surface area contributed by atoms with E-state index in [0.29, 0.717) is 18.1 Å². The Morgan fingerprint density at radius 2 is 2.00 bits per heavy atom. The van der Waals surface area contributed by atoms with Gasteiger partial charge in [0.1, 0.15) is 11.6 Å². The van der Waals surface area contributed by atoms with Crippen molar-refractivity contribution in [1.82, 2.24) is 19.5 Å². The highest BCUT2D eigenvalue weighted by atomic mass is 19.4. The number of alkyl halides is 3. The maximum atomic E-state index is 13.4. The number of methoxy groups -OCH3 is 1. The molecule has 1 aromatic carbocycles. The number of ether oxygens (including phenoxy) is 1. The molecule has 126 valence electrons. The number of anilines is 1. The van der Waals surface area contributed by atoms with Gasteiger partial charge in [0, 0.05) is 12.6 Å². The molecule has 0 radical (unpaired) electrons. The number of halogens is 3. The monoisotopic (exact) mass is 337 g/mol. The lowest BCUT2D eigenvalue weighted by Crippen LogP contribution is -2.15. The second-order valence-corrected chi connectivity index (χ2v) is 4.91. The van der Waals surface area contributed by atoms with Gasteiger partial charge in [-0.1, -0.05) is 0 Å². The molecule has 3 rings (SSSR count). The van der Waals surface area contributed by atoms with Gasteiger partial charge in [0.25, 0.3) is 0 Å². The highest BCUT2D eigenvalue weighted by Crippen LogP contribution is 2.34. The maximum Gasteiger partial charge on any atom is 0.450 e. The fraction of sp³-hybridized carbons (Fsp3) is 0.267. The van der Waals surface area contributed by atoms with Crippen molar-refractivity contribution in [3.05, 3.63) is 36.4 Å². The van der Waals surface area contributed by atoms with Crippen LogP contribution in [-0.2, 0) is 6.18 Å². The van der Waals surface area contributed by atoms with Crippen molar-refractivity contribution in [3.8, 4) is 11.6 Å². The largest absolute Gasteiger partial charge is 0.497 e. The lowest BCUT2D eigenvalue weighted by atomic mass is 10.3. The van der Waals surface area contributed by atoms with Crippen molar-refractivity contribution >= 4 is 16.9 Å². The van der Waals surface area contributed by atoms with Crippen LogP contribution in [0.1, 0.15) is 12.7 Å². The molecular formula is C15H14F3N5O. The van der Waals surface area contributed by atoms with Crippen LogP contribution in [0, 0.1) is 0 Å². The zero-order valence-electron chi connectivity index (χ0n) is 12.9. The number of aromatic nitrogens is 4. The minimum atomic E-state index is -4.63. The fourth-order valence-corrected chi connectivity index (χ4v) is 2.32. The van der Waals surface area contributed by atoms with Crippen LogP contribution >= 0.6 is 0 Å². The van der Waals surface area contributed by atoms with Crippen molar-refractivity contribution in [1.29, 1.82) is 0 Å². The second kappa shape index (κ2) is 5.99. The van der Waals surface area contributed by atoms with Crippen LogP contribution in [0.2, 0.25) is 0 Å². The predicted molar refractivity (Wildman–Crippen MR) is 82.4 cm³/mol. The van der Waals surface area contributed by atoms with Gasteiger partial charge >= 0.3 is 6.18 Å². The molecule has 0 aliphatic rings. The van der Waals surface area contributed by atoms with Crippen LogP contribution in [0.25, 0.3) is 16.9 Å². The van der Waals surface area contributed by atoms with Gasteiger partial charge in [0.05, 0.1) is 30.5 Å². The maximum absolute atomic E-state index is 13.4. The smallest absolute Gasteiger partial charge is 0.450 e. The van der Waals surface area contributed by atoms with Gasteiger partial charge in [0.15, 0.2) is 5.82 Å². The normalized spacial score (nSPS) is 11.7. The molecule has 6 nitrogen and oxygen atoms in total. The summed E-state index contributed by atoms with van der Waals surface area (Å²) in [4.78, 5) is 11.8. The summed E-state index contributed by atoms with van der Waals surface area (Å²) < 4.78 is 46.1. The third kappa shape index (κ3) is 2.84. The van der Waals surface area contributed by atoms with E-state index in [1.165, 1.54) is 31.6 Å². The molecule has 0 atom stereocenters. The van der Waals surface area contributed by atoms with E-state index >= 15 is 0 Å². The van der Waals surface area contributed by atoms with Crippen LogP contribution in [0.4, 0.5) is 19.0 Å². The first-order valence-corrected chi connectivity index (χ1v) is 7.14. The number of hydrogen-bond donors (Lipinski definition) is 1.